The molecule has 0 saturated carbocycles. The lowest BCUT2D eigenvalue weighted by Crippen LogP contribution is -2.09. The van der Waals surface area contributed by atoms with Crippen LogP contribution in [0.15, 0.2) is 69.9 Å². The topological polar surface area (TPSA) is 69.4 Å². The van der Waals surface area contributed by atoms with Crippen molar-refractivity contribution in [1.29, 1.82) is 0 Å². The normalized spacial score (nSPS) is 11.0. The number of pyridine rings is 1. The average molecular weight is 345 g/mol. The highest BCUT2D eigenvalue weighted by atomic mass is 16.5. The second-order valence-corrected chi connectivity index (χ2v) is 6.06. The Kier molecular flexibility index (Phi) is 3.97. The molecule has 4 aromatic rings. The Balaban J connectivity index is 1.61. The van der Waals surface area contributed by atoms with Crippen molar-refractivity contribution < 1.29 is 13.9 Å². The third-order valence-corrected chi connectivity index (χ3v) is 4.15. The molecule has 0 aliphatic carbocycles. The molecule has 5 heteroatoms. The van der Waals surface area contributed by atoms with E-state index in [4.69, 9.17) is 9.15 Å². The Morgan fingerprint density at radius 2 is 1.92 bits per heavy atom. The predicted octanol–water partition coefficient (Wildman–Crippen LogP) is 4.01. The summed E-state index contributed by atoms with van der Waals surface area (Å²) < 4.78 is 10.6. The van der Waals surface area contributed by atoms with E-state index in [0.29, 0.717) is 11.1 Å². The SMILES string of the molecule is Cc1ccc2c(COC(=O)c3ccc4ccccc4n3)cc(=O)oc2c1. The Labute approximate surface area is 148 Å². The zero-order valence-corrected chi connectivity index (χ0v) is 14.1. The van der Waals surface area contributed by atoms with Crippen molar-refractivity contribution in [2.75, 3.05) is 0 Å². The fourth-order valence-corrected chi connectivity index (χ4v) is 2.85. The fraction of sp³-hybridized carbons (Fsp3) is 0.0952. The molecule has 128 valence electrons. The van der Waals surface area contributed by atoms with E-state index < -0.39 is 11.6 Å². The zero-order valence-electron chi connectivity index (χ0n) is 14.1. The summed E-state index contributed by atoms with van der Waals surface area (Å²) in [5, 5.41) is 1.69. The molecule has 5 nitrogen and oxygen atoms in total. The maximum absolute atomic E-state index is 12.4. The quantitative estimate of drug-likeness (QED) is 0.414. The largest absolute Gasteiger partial charge is 0.456 e. The molecule has 0 aliphatic rings. The minimum atomic E-state index is -0.538. The van der Waals surface area contributed by atoms with Crippen LogP contribution in [0.1, 0.15) is 21.6 Å². The van der Waals surface area contributed by atoms with Gasteiger partial charge in [-0.05, 0) is 30.7 Å². The van der Waals surface area contributed by atoms with Gasteiger partial charge in [-0.2, -0.15) is 0 Å². The van der Waals surface area contributed by atoms with Crippen molar-refractivity contribution in [2.24, 2.45) is 0 Å². The van der Waals surface area contributed by atoms with Crippen LogP contribution in [-0.4, -0.2) is 11.0 Å². The van der Waals surface area contributed by atoms with Crippen molar-refractivity contribution in [1.82, 2.24) is 4.98 Å². The number of ether oxygens (including phenoxy) is 1. The van der Waals surface area contributed by atoms with Gasteiger partial charge >= 0.3 is 11.6 Å². The molecule has 0 radical (unpaired) electrons. The first-order valence-corrected chi connectivity index (χ1v) is 8.16. The molecule has 0 spiro atoms. The van der Waals surface area contributed by atoms with Gasteiger partial charge in [-0.1, -0.05) is 36.4 Å². The highest BCUT2D eigenvalue weighted by molar-refractivity contribution is 5.91. The molecule has 0 unspecified atom stereocenters. The number of rotatable bonds is 3. The van der Waals surface area contributed by atoms with Crippen molar-refractivity contribution >= 4 is 27.8 Å². The third-order valence-electron chi connectivity index (χ3n) is 4.15. The first-order chi connectivity index (χ1) is 12.6. The minimum absolute atomic E-state index is 0.0293. The van der Waals surface area contributed by atoms with Gasteiger partial charge in [0.15, 0.2) is 0 Å². The van der Waals surface area contributed by atoms with E-state index in [1.165, 1.54) is 6.07 Å². The van der Waals surface area contributed by atoms with Crippen LogP contribution < -0.4 is 5.63 Å². The third kappa shape index (κ3) is 3.07. The summed E-state index contributed by atoms with van der Waals surface area (Å²) in [5.41, 5.74) is 2.54. The molecule has 4 rings (SSSR count). The van der Waals surface area contributed by atoms with E-state index in [1.54, 1.807) is 12.1 Å². The fourth-order valence-electron chi connectivity index (χ4n) is 2.85. The van der Waals surface area contributed by atoms with Crippen molar-refractivity contribution in [3.05, 3.63) is 87.9 Å². The number of carbonyl (C=O) groups excluding carboxylic acids is 1. The number of aromatic nitrogens is 1. The number of para-hydroxylation sites is 1. The highest BCUT2D eigenvalue weighted by Gasteiger charge is 2.12. The number of fused-ring (bicyclic) bond motifs is 2. The molecule has 0 atom stereocenters. The molecule has 2 aromatic heterocycles. The first kappa shape index (κ1) is 16.0. The molecule has 0 amide bonds. The monoisotopic (exact) mass is 345 g/mol. The van der Waals surface area contributed by atoms with Gasteiger partial charge in [0, 0.05) is 22.4 Å². The van der Waals surface area contributed by atoms with Crippen LogP contribution in [0.5, 0.6) is 0 Å². The Morgan fingerprint density at radius 1 is 1.08 bits per heavy atom. The number of carbonyl (C=O) groups is 1. The number of nitrogens with zero attached hydrogens (tertiary/aromatic N) is 1. The lowest BCUT2D eigenvalue weighted by atomic mass is 10.1. The van der Waals surface area contributed by atoms with E-state index in [0.717, 1.165) is 21.9 Å². The summed E-state index contributed by atoms with van der Waals surface area (Å²) in [6, 6.07) is 17.9. The Morgan fingerprint density at radius 3 is 2.81 bits per heavy atom. The van der Waals surface area contributed by atoms with Gasteiger partial charge in [0.1, 0.15) is 17.9 Å². The smallest absolute Gasteiger partial charge is 0.357 e. The molecule has 2 heterocycles. The zero-order chi connectivity index (χ0) is 18.1. The van der Waals surface area contributed by atoms with Crippen LogP contribution in [0.2, 0.25) is 0 Å². The summed E-state index contributed by atoms with van der Waals surface area (Å²) in [6.45, 7) is 1.88. The minimum Gasteiger partial charge on any atom is -0.456 e. The molecule has 0 saturated heterocycles. The van der Waals surface area contributed by atoms with Gasteiger partial charge in [-0.25, -0.2) is 14.6 Å². The lowest BCUT2D eigenvalue weighted by molar-refractivity contribution is 0.0467. The van der Waals surface area contributed by atoms with E-state index in [-0.39, 0.29) is 12.3 Å². The summed E-state index contributed by atoms with van der Waals surface area (Å²) in [4.78, 5) is 28.4. The second-order valence-electron chi connectivity index (χ2n) is 6.06. The summed E-state index contributed by atoms with van der Waals surface area (Å²) in [6.07, 6.45) is 0. The summed E-state index contributed by atoms with van der Waals surface area (Å²) in [7, 11) is 0. The van der Waals surface area contributed by atoms with Crippen molar-refractivity contribution in [3.8, 4) is 0 Å². The van der Waals surface area contributed by atoms with Crippen LogP contribution >= 0.6 is 0 Å². The molecule has 0 N–H and O–H groups in total. The van der Waals surface area contributed by atoms with Gasteiger partial charge < -0.3 is 9.15 Å². The summed E-state index contributed by atoms with van der Waals surface area (Å²) in [5.74, 6) is -0.538. The second kappa shape index (κ2) is 6.44. The maximum atomic E-state index is 12.4. The van der Waals surface area contributed by atoms with Gasteiger partial charge in [0.2, 0.25) is 0 Å². The number of hydrogen-bond donors (Lipinski definition) is 0. The molecular formula is C21H15NO4. The van der Waals surface area contributed by atoms with Gasteiger partial charge in [-0.3, -0.25) is 0 Å². The average Bonchev–Trinajstić information content (AvgIpc) is 2.65. The predicted molar refractivity (Wildman–Crippen MR) is 98.1 cm³/mol. The van der Waals surface area contributed by atoms with Crippen LogP contribution in [-0.2, 0) is 11.3 Å². The van der Waals surface area contributed by atoms with Crippen molar-refractivity contribution in [2.45, 2.75) is 13.5 Å². The van der Waals surface area contributed by atoms with Crippen LogP contribution in [0, 0.1) is 6.92 Å². The molecule has 0 aliphatic heterocycles. The Hall–Kier alpha value is -3.47. The van der Waals surface area contributed by atoms with E-state index in [1.807, 2.05) is 49.4 Å². The highest BCUT2D eigenvalue weighted by Crippen LogP contribution is 2.20. The van der Waals surface area contributed by atoms with Crippen LogP contribution in [0.25, 0.3) is 21.9 Å². The standard InChI is InChI=1S/C21H15NO4/c1-13-6-8-16-15(11-20(23)26-19(16)10-13)12-25-21(24)18-9-7-14-4-2-3-5-17(14)22-18/h2-11H,12H2,1H3. The maximum Gasteiger partial charge on any atom is 0.357 e. The van der Waals surface area contributed by atoms with Crippen molar-refractivity contribution in [3.63, 3.8) is 0 Å². The molecule has 0 fully saturated rings. The molecule has 2 aromatic carbocycles. The van der Waals surface area contributed by atoms with Gasteiger partial charge in [-0.15, -0.1) is 0 Å². The number of benzene rings is 2. The first-order valence-electron chi connectivity index (χ1n) is 8.16. The summed E-state index contributed by atoms with van der Waals surface area (Å²) >= 11 is 0. The van der Waals surface area contributed by atoms with E-state index >= 15 is 0 Å². The van der Waals surface area contributed by atoms with E-state index in [2.05, 4.69) is 4.98 Å². The van der Waals surface area contributed by atoms with E-state index in [9.17, 15) is 9.59 Å². The molecule has 26 heavy (non-hydrogen) atoms. The number of aryl methyl sites for hydroxylation is 1. The lowest BCUT2D eigenvalue weighted by Gasteiger charge is -2.08. The van der Waals surface area contributed by atoms with Crippen LogP contribution in [0.3, 0.4) is 0 Å². The number of esters is 1. The molecule has 0 bridgehead atoms. The van der Waals surface area contributed by atoms with Gasteiger partial charge in [0.25, 0.3) is 0 Å². The number of hydrogen-bond acceptors (Lipinski definition) is 5. The van der Waals surface area contributed by atoms with Crippen LogP contribution in [0.4, 0.5) is 0 Å². The van der Waals surface area contributed by atoms with Gasteiger partial charge in [0.05, 0.1) is 5.52 Å². The molecular weight excluding hydrogens is 330 g/mol. The Bertz CT molecular complexity index is 1190.